The van der Waals surface area contributed by atoms with Gasteiger partial charge < -0.3 is 9.64 Å². The van der Waals surface area contributed by atoms with E-state index < -0.39 is 24.5 Å². The maximum Gasteiger partial charge on any atom is 0.406 e. The van der Waals surface area contributed by atoms with E-state index in [1.54, 1.807) is 0 Å². The van der Waals surface area contributed by atoms with E-state index in [1.807, 2.05) is 24.3 Å². The predicted molar refractivity (Wildman–Crippen MR) is 102 cm³/mol. The lowest BCUT2D eigenvalue weighted by molar-refractivity contribution is -0.157. The molecule has 0 spiro atoms. The van der Waals surface area contributed by atoms with Gasteiger partial charge in [-0.15, -0.1) is 0 Å². The zero-order valence-electron chi connectivity index (χ0n) is 15.5. The van der Waals surface area contributed by atoms with Crippen molar-refractivity contribution in [1.29, 1.82) is 0 Å². The number of benzene rings is 1. The summed E-state index contributed by atoms with van der Waals surface area (Å²) in [6.07, 6.45) is -3.15. The van der Waals surface area contributed by atoms with Crippen molar-refractivity contribution < 1.29 is 27.5 Å². The Kier molecular flexibility index (Phi) is 5.48. The number of carbonyl (C=O) groups is 2. The van der Waals surface area contributed by atoms with Crippen molar-refractivity contribution in [3.63, 3.8) is 0 Å². The molecule has 0 bridgehead atoms. The van der Waals surface area contributed by atoms with E-state index in [-0.39, 0.29) is 31.5 Å². The molecule has 2 fully saturated rings. The van der Waals surface area contributed by atoms with Gasteiger partial charge in [-0.05, 0) is 25.0 Å². The summed E-state index contributed by atoms with van der Waals surface area (Å²) >= 11 is 1.35. The molecule has 1 aromatic heterocycles. The zero-order chi connectivity index (χ0) is 20.6. The minimum Gasteiger partial charge on any atom is -0.376 e. The van der Waals surface area contributed by atoms with Gasteiger partial charge in [0.15, 0.2) is 5.13 Å². The smallest absolute Gasteiger partial charge is 0.376 e. The van der Waals surface area contributed by atoms with Crippen LogP contribution in [0, 0.1) is 5.92 Å². The number of thiazole rings is 1. The Labute approximate surface area is 169 Å². The Morgan fingerprint density at radius 1 is 1.34 bits per heavy atom. The van der Waals surface area contributed by atoms with E-state index >= 15 is 0 Å². The van der Waals surface area contributed by atoms with Crippen molar-refractivity contribution in [3.8, 4) is 0 Å². The highest BCUT2D eigenvalue weighted by molar-refractivity contribution is 7.22. The summed E-state index contributed by atoms with van der Waals surface area (Å²) in [6, 6.07) is 7.47. The Morgan fingerprint density at radius 3 is 2.83 bits per heavy atom. The van der Waals surface area contributed by atoms with Crippen LogP contribution in [-0.4, -0.2) is 60.2 Å². The van der Waals surface area contributed by atoms with Crippen LogP contribution in [0.15, 0.2) is 24.3 Å². The summed E-state index contributed by atoms with van der Waals surface area (Å²) in [4.78, 5) is 32.0. The number of amides is 2. The van der Waals surface area contributed by atoms with Crippen molar-refractivity contribution in [2.75, 3.05) is 31.1 Å². The maximum atomic E-state index is 13.2. The molecule has 6 nitrogen and oxygen atoms in total. The second-order valence-electron chi connectivity index (χ2n) is 7.34. The fourth-order valence-electron chi connectivity index (χ4n) is 3.76. The van der Waals surface area contributed by atoms with Gasteiger partial charge in [-0.2, -0.15) is 13.2 Å². The SMILES string of the molecule is O=C1CC(C(=O)N(CC2CCCO2)c2nc3ccccc3s2)CN1CC(F)(F)F. The fraction of sp³-hybridized carbons (Fsp3) is 0.526. The molecule has 4 rings (SSSR count). The van der Waals surface area contributed by atoms with Crippen molar-refractivity contribution in [2.24, 2.45) is 5.92 Å². The molecule has 2 aliphatic rings. The third-order valence-corrected chi connectivity index (χ3v) is 6.18. The van der Waals surface area contributed by atoms with Crippen LogP contribution in [0.2, 0.25) is 0 Å². The van der Waals surface area contributed by atoms with E-state index in [4.69, 9.17) is 4.74 Å². The Balaban J connectivity index is 1.57. The van der Waals surface area contributed by atoms with Crippen LogP contribution in [0.4, 0.5) is 18.3 Å². The van der Waals surface area contributed by atoms with Gasteiger partial charge in [-0.25, -0.2) is 4.98 Å². The van der Waals surface area contributed by atoms with E-state index in [0.29, 0.717) is 16.6 Å². The average molecular weight is 427 g/mol. The van der Waals surface area contributed by atoms with Crippen LogP contribution in [0.3, 0.4) is 0 Å². The van der Waals surface area contributed by atoms with Gasteiger partial charge in [0.2, 0.25) is 11.8 Å². The van der Waals surface area contributed by atoms with Gasteiger partial charge in [0.1, 0.15) is 6.54 Å². The Morgan fingerprint density at radius 2 is 2.14 bits per heavy atom. The number of hydrogen-bond donors (Lipinski definition) is 0. The predicted octanol–water partition coefficient (Wildman–Crippen LogP) is 3.22. The minimum absolute atomic E-state index is 0.144. The minimum atomic E-state index is -4.49. The number of nitrogens with zero attached hydrogens (tertiary/aromatic N) is 3. The molecule has 2 saturated heterocycles. The van der Waals surface area contributed by atoms with Gasteiger partial charge in [0.05, 0.1) is 28.8 Å². The lowest BCUT2D eigenvalue weighted by Crippen LogP contribution is -2.42. The third kappa shape index (κ3) is 4.53. The van der Waals surface area contributed by atoms with E-state index in [2.05, 4.69) is 4.98 Å². The average Bonchev–Trinajstić information content (AvgIpc) is 3.38. The summed E-state index contributed by atoms with van der Waals surface area (Å²) in [6.45, 7) is -0.664. The van der Waals surface area contributed by atoms with Crippen LogP contribution in [-0.2, 0) is 14.3 Å². The largest absolute Gasteiger partial charge is 0.406 e. The number of carbonyl (C=O) groups excluding carboxylic acids is 2. The molecule has 10 heteroatoms. The number of aromatic nitrogens is 1. The second kappa shape index (κ2) is 7.91. The number of rotatable bonds is 5. The number of likely N-dealkylation sites (tertiary alicyclic amines) is 1. The summed E-state index contributed by atoms with van der Waals surface area (Å²) < 4.78 is 44.7. The summed E-state index contributed by atoms with van der Waals surface area (Å²) in [5.74, 6) is -1.85. The number of alkyl halides is 3. The first-order valence-electron chi connectivity index (χ1n) is 9.43. The summed E-state index contributed by atoms with van der Waals surface area (Å²) in [5.41, 5.74) is 0.749. The molecule has 0 radical (unpaired) electrons. The normalized spacial score (nSPS) is 22.6. The van der Waals surface area contributed by atoms with Gasteiger partial charge in [-0.3, -0.25) is 14.5 Å². The van der Waals surface area contributed by atoms with E-state index in [1.165, 1.54) is 16.2 Å². The van der Waals surface area contributed by atoms with Gasteiger partial charge in [0, 0.05) is 19.6 Å². The second-order valence-corrected chi connectivity index (χ2v) is 8.35. The molecule has 1 aromatic carbocycles. The van der Waals surface area contributed by atoms with Crippen molar-refractivity contribution in [2.45, 2.75) is 31.5 Å². The van der Waals surface area contributed by atoms with E-state index in [0.717, 1.165) is 23.1 Å². The maximum absolute atomic E-state index is 13.2. The fourth-order valence-corrected chi connectivity index (χ4v) is 4.74. The number of halogens is 3. The first kappa shape index (κ1) is 20.1. The van der Waals surface area contributed by atoms with Gasteiger partial charge in [0.25, 0.3) is 0 Å². The molecule has 2 amide bonds. The molecule has 2 unspecified atom stereocenters. The molecule has 2 atom stereocenters. The third-order valence-electron chi connectivity index (χ3n) is 5.12. The molecule has 0 saturated carbocycles. The summed E-state index contributed by atoms with van der Waals surface area (Å²) in [7, 11) is 0. The van der Waals surface area contributed by atoms with Crippen molar-refractivity contribution in [1.82, 2.24) is 9.88 Å². The van der Waals surface area contributed by atoms with Crippen LogP contribution >= 0.6 is 11.3 Å². The number of fused-ring (bicyclic) bond motifs is 1. The van der Waals surface area contributed by atoms with Gasteiger partial charge in [-0.1, -0.05) is 23.5 Å². The van der Waals surface area contributed by atoms with Crippen LogP contribution in [0.25, 0.3) is 10.2 Å². The molecule has 2 aromatic rings. The highest BCUT2D eigenvalue weighted by atomic mass is 32.1. The lowest BCUT2D eigenvalue weighted by Gasteiger charge is -2.25. The first-order valence-corrected chi connectivity index (χ1v) is 10.2. The lowest BCUT2D eigenvalue weighted by atomic mass is 10.1. The molecule has 0 N–H and O–H groups in total. The molecule has 2 aliphatic heterocycles. The molecular formula is C19H20F3N3O3S. The molecular weight excluding hydrogens is 407 g/mol. The molecule has 156 valence electrons. The van der Waals surface area contributed by atoms with Crippen LogP contribution in [0.5, 0.6) is 0 Å². The van der Waals surface area contributed by atoms with Crippen LogP contribution < -0.4 is 4.90 Å². The summed E-state index contributed by atoms with van der Waals surface area (Å²) in [5, 5.41) is 0.480. The Hall–Kier alpha value is -2.20. The number of ether oxygens (including phenoxy) is 1. The number of para-hydroxylation sites is 1. The topological polar surface area (TPSA) is 62.7 Å². The standard InChI is InChI=1S/C19H20F3N3O3S/c20-19(21,22)11-24-9-12(8-16(24)26)17(27)25(10-13-4-3-7-28-13)18-23-14-5-1-2-6-15(14)29-18/h1-2,5-6,12-13H,3-4,7-11H2. The molecule has 3 heterocycles. The molecule has 0 aliphatic carbocycles. The molecule has 29 heavy (non-hydrogen) atoms. The highest BCUT2D eigenvalue weighted by Gasteiger charge is 2.42. The quantitative estimate of drug-likeness (QED) is 0.735. The number of anilines is 1. The van der Waals surface area contributed by atoms with Crippen LogP contribution in [0.1, 0.15) is 19.3 Å². The Bertz CT molecular complexity index is 878. The first-order chi connectivity index (χ1) is 13.8. The number of hydrogen-bond acceptors (Lipinski definition) is 5. The highest BCUT2D eigenvalue weighted by Crippen LogP contribution is 2.32. The van der Waals surface area contributed by atoms with Gasteiger partial charge >= 0.3 is 6.18 Å². The monoisotopic (exact) mass is 427 g/mol. The van der Waals surface area contributed by atoms with E-state index in [9.17, 15) is 22.8 Å². The zero-order valence-corrected chi connectivity index (χ0v) is 16.3. The van der Waals surface area contributed by atoms with Crippen molar-refractivity contribution in [3.05, 3.63) is 24.3 Å². The van der Waals surface area contributed by atoms with Crippen molar-refractivity contribution >= 4 is 38.5 Å².